The molecule has 1 N–H and O–H groups in total. The monoisotopic (exact) mass is 315 g/mol. The van der Waals surface area contributed by atoms with E-state index in [1.807, 2.05) is 0 Å². The summed E-state index contributed by atoms with van der Waals surface area (Å²) in [4.78, 5) is 11.9. The van der Waals surface area contributed by atoms with Crippen LogP contribution in [0.5, 0.6) is 0 Å². The van der Waals surface area contributed by atoms with Gasteiger partial charge in [0.05, 0.1) is 0 Å². The van der Waals surface area contributed by atoms with Crippen LogP contribution in [0.3, 0.4) is 0 Å². The molecule has 5 heteroatoms. The average molecular weight is 316 g/mol. The molecule has 0 bridgehead atoms. The van der Waals surface area contributed by atoms with Crippen molar-refractivity contribution in [1.82, 2.24) is 5.32 Å². The molecular formula is C13H15BrFNO2. The summed E-state index contributed by atoms with van der Waals surface area (Å²) in [5.41, 5.74) is 0.491. The topological polar surface area (TPSA) is 38.3 Å². The Hall–Kier alpha value is -0.940. The van der Waals surface area contributed by atoms with Crippen molar-refractivity contribution in [3.63, 3.8) is 0 Å². The molecule has 1 aliphatic rings. The molecule has 1 saturated heterocycles. The molecule has 18 heavy (non-hydrogen) atoms. The van der Waals surface area contributed by atoms with Gasteiger partial charge in [0.15, 0.2) is 0 Å². The first-order valence-electron chi connectivity index (χ1n) is 5.96. The van der Waals surface area contributed by atoms with Gasteiger partial charge in [0.2, 0.25) is 5.91 Å². The van der Waals surface area contributed by atoms with Crippen LogP contribution in [0.1, 0.15) is 18.4 Å². The van der Waals surface area contributed by atoms with Gasteiger partial charge < -0.3 is 10.1 Å². The number of halogens is 2. The van der Waals surface area contributed by atoms with Gasteiger partial charge in [-0.2, -0.15) is 0 Å². The molecule has 2 rings (SSSR count). The number of ether oxygens (including phenoxy) is 1. The van der Waals surface area contributed by atoms with Crippen molar-refractivity contribution in [1.29, 1.82) is 0 Å². The second-order valence-electron chi connectivity index (χ2n) is 4.34. The molecule has 1 aromatic rings. The summed E-state index contributed by atoms with van der Waals surface area (Å²) in [5.74, 6) is -0.322. The Kier molecular flexibility index (Phi) is 4.72. The molecule has 1 fully saturated rings. The van der Waals surface area contributed by atoms with E-state index in [2.05, 4.69) is 21.2 Å². The maximum Gasteiger partial charge on any atom is 0.223 e. The second kappa shape index (κ2) is 6.29. The lowest BCUT2D eigenvalue weighted by atomic mass is 9.99. The van der Waals surface area contributed by atoms with Crippen LogP contribution >= 0.6 is 15.9 Å². The smallest absolute Gasteiger partial charge is 0.223 e. The maximum atomic E-state index is 13.5. The number of carbonyl (C=O) groups is 1. The molecule has 1 aromatic carbocycles. The van der Waals surface area contributed by atoms with Crippen LogP contribution in [0.15, 0.2) is 22.7 Å². The van der Waals surface area contributed by atoms with Crippen LogP contribution in [0.25, 0.3) is 0 Å². The molecule has 0 radical (unpaired) electrons. The summed E-state index contributed by atoms with van der Waals surface area (Å²) < 4.78 is 19.5. The first-order valence-corrected chi connectivity index (χ1v) is 6.75. The number of hydrogen-bond acceptors (Lipinski definition) is 2. The fourth-order valence-corrected chi connectivity index (χ4v) is 2.37. The Morgan fingerprint density at radius 1 is 1.44 bits per heavy atom. The SMILES string of the molecule is O=C(NCc1cc(Br)ccc1F)C1CCOCC1. The molecule has 0 unspecified atom stereocenters. The average Bonchev–Trinajstić information content (AvgIpc) is 2.40. The lowest BCUT2D eigenvalue weighted by Crippen LogP contribution is -2.34. The molecule has 0 atom stereocenters. The number of carbonyl (C=O) groups excluding carboxylic acids is 1. The summed E-state index contributed by atoms with van der Waals surface area (Å²) in [5, 5.41) is 2.78. The molecule has 3 nitrogen and oxygen atoms in total. The van der Waals surface area contributed by atoms with Crippen molar-refractivity contribution in [3.8, 4) is 0 Å². The number of amides is 1. The number of benzene rings is 1. The van der Waals surface area contributed by atoms with Crippen LogP contribution in [0.4, 0.5) is 4.39 Å². The Balaban J connectivity index is 1.90. The van der Waals surface area contributed by atoms with Gasteiger partial charge in [-0.1, -0.05) is 15.9 Å². The lowest BCUT2D eigenvalue weighted by molar-refractivity contribution is -0.128. The normalized spacial score (nSPS) is 16.6. The largest absolute Gasteiger partial charge is 0.381 e. The van der Waals surface area contributed by atoms with Gasteiger partial charge >= 0.3 is 0 Å². The van der Waals surface area contributed by atoms with E-state index >= 15 is 0 Å². The van der Waals surface area contributed by atoms with Gasteiger partial charge in [0.1, 0.15) is 5.82 Å². The lowest BCUT2D eigenvalue weighted by Gasteiger charge is -2.21. The predicted molar refractivity (Wildman–Crippen MR) is 69.5 cm³/mol. The second-order valence-corrected chi connectivity index (χ2v) is 5.26. The highest BCUT2D eigenvalue weighted by atomic mass is 79.9. The van der Waals surface area contributed by atoms with E-state index in [1.54, 1.807) is 12.1 Å². The van der Waals surface area contributed by atoms with Gasteiger partial charge in [-0.05, 0) is 31.0 Å². The van der Waals surface area contributed by atoms with E-state index in [0.29, 0.717) is 18.8 Å². The molecule has 1 aliphatic heterocycles. The van der Waals surface area contributed by atoms with Crippen LogP contribution in [0.2, 0.25) is 0 Å². The molecule has 1 heterocycles. The van der Waals surface area contributed by atoms with Crippen LogP contribution < -0.4 is 5.32 Å². The first kappa shape index (κ1) is 13.5. The van der Waals surface area contributed by atoms with Crippen molar-refractivity contribution < 1.29 is 13.9 Å². The number of rotatable bonds is 3. The van der Waals surface area contributed by atoms with Crippen LogP contribution in [-0.4, -0.2) is 19.1 Å². The molecule has 0 saturated carbocycles. The highest BCUT2D eigenvalue weighted by Crippen LogP contribution is 2.17. The first-order chi connectivity index (χ1) is 8.66. The zero-order valence-electron chi connectivity index (χ0n) is 9.92. The Labute approximate surface area is 114 Å². The quantitative estimate of drug-likeness (QED) is 0.931. The van der Waals surface area contributed by atoms with Crippen LogP contribution in [-0.2, 0) is 16.1 Å². The van der Waals surface area contributed by atoms with Gasteiger partial charge in [-0.25, -0.2) is 4.39 Å². The Morgan fingerprint density at radius 2 is 2.17 bits per heavy atom. The third-order valence-corrected chi connectivity index (χ3v) is 3.55. The molecule has 1 amide bonds. The molecule has 0 spiro atoms. The van der Waals surface area contributed by atoms with Crippen molar-refractivity contribution >= 4 is 21.8 Å². The highest BCUT2D eigenvalue weighted by Gasteiger charge is 2.21. The molecule has 98 valence electrons. The summed E-state index contributed by atoms with van der Waals surface area (Å²) in [6.45, 7) is 1.48. The van der Waals surface area contributed by atoms with E-state index in [-0.39, 0.29) is 24.2 Å². The predicted octanol–water partition coefficient (Wildman–Crippen LogP) is 2.63. The number of hydrogen-bond donors (Lipinski definition) is 1. The van der Waals surface area contributed by atoms with Gasteiger partial charge in [0, 0.05) is 35.7 Å². The van der Waals surface area contributed by atoms with Crippen LogP contribution in [0, 0.1) is 11.7 Å². The minimum atomic E-state index is -0.300. The minimum absolute atomic E-state index is 0.00559. The fraction of sp³-hybridized carbons (Fsp3) is 0.462. The summed E-state index contributed by atoms with van der Waals surface area (Å²) in [7, 11) is 0. The van der Waals surface area contributed by atoms with Crippen molar-refractivity contribution in [2.45, 2.75) is 19.4 Å². The van der Waals surface area contributed by atoms with E-state index in [1.165, 1.54) is 6.07 Å². The third-order valence-electron chi connectivity index (χ3n) is 3.05. The van der Waals surface area contributed by atoms with Gasteiger partial charge in [-0.3, -0.25) is 4.79 Å². The number of nitrogens with one attached hydrogen (secondary N) is 1. The zero-order valence-corrected chi connectivity index (χ0v) is 11.5. The van der Waals surface area contributed by atoms with E-state index < -0.39 is 0 Å². The summed E-state index contributed by atoms with van der Waals surface area (Å²) in [6.07, 6.45) is 1.49. The Morgan fingerprint density at radius 3 is 2.89 bits per heavy atom. The fourth-order valence-electron chi connectivity index (χ4n) is 1.97. The highest BCUT2D eigenvalue weighted by molar-refractivity contribution is 9.10. The Bertz CT molecular complexity index is 433. The van der Waals surface area contributed by atoms with E-state index in [4.69, 9.17) is 4.74 Å². The zero-order chi connectivity index (χ0) is 13.0. The van der Waals surface area contributed by atoms with Crippen molar-refractivity contribution in [2.75, 3.05) is 13.2 Å². The maximum absolute atomic E-state index is 13.5. The summed E-state index contributed by atoms with van der Waals surface area (Å²) >= 11 is 3.28. The van der Waals surface area contributed by atoms with Crippen molar-refractivity contribution in [2.24, 2.45) is 5.92 Å². The minimum Gasteiger partial charge on any atom is -0.381 e. The van der Waals surface area contributed by atoms with E-state index in [0.717, 1.165) is 17.3 Å². The van der Waals surface area contributed by atoms with Gasteiger partial charge in [0.25, 0.3) is 0 Å². The molecule has 0 aromatic heterocycles. The summed E-state index contributed by atoms with van der Waals surface area (Å²) in [6, 6.07) is 4.71. The standard InChI is InChI=1S/C13H15BrFNO2/c14-11-1-2-12(15)10(7-11)8-16-13(17)9-3-5-18-6-4-9/h1-2,7,9H,3-6,8H2,(H,16,17). The van der Waals surface area contributed by atoms with E-state index in [9.17, 15) is 9.18 Å². The molecule has 0 aliphatic carbocycles. The molecular weight excluding hydrogens is 301 g/mol. The van der Waals surface area contributed by atoms with Gasteiger partial charge in [-0.15, -0.1) is 0 Å². The van der Waals surface area contributed by atoms with Crippen molar-refractivity contribution in [3.05, 3.63) is 34.1 Å². The third kappa shape index (κ3) is 3.53.